The summed E-state index contributed by atoms with van der Waals surface area (Å²) in [5, 5.41) is 3.27. The molecule has 1 saturated heterocycles. The molecular formula is C15H23ClF2N2S. The fraction of sp³-hybridized carbons (Fsp3) is 0.600. The number of benzene rings is 1. The molecule has 1 aliphatic heterocycles. The lowest BCUT2D eigenvalue weighted by molar-refractivity contribution is 0.0739. The fourth-order valence-electron chi connectivity index (χ4n) is 2.61. The van der Waals surface area contributed by atoms with Crippen LogP contribution in [-0.4, -0.2) is 43.3 Å². The van der Waals surface area contributed by atoms with Crippen molar-refractivity contribution in [1.82, 2.24) is 10.2 Å². The predicted octanol–water partition coefficient (Wildman–Crippen LogP) is 3.82. The van der Waals surface area contributed by atoms with Gasteiger partial charge in [0.25, 0.3) is 0 Å². The molecule has 6 heteroatoms. The van der Waals surface area contributed by atoms with Gasteiger partial charge in [-0.25, -0.2) is 8.78 Å². The van der Waals surface area contributed by atoms with Gasteiger partial charge in [0.1, 0.15) is 0 Å². The first-order valence-corrected chi connectivity index (χ1v) is 8.15. The molecule has 120 valence electrons. The molecule has 0 aromatic heterocycles. The molecule has 21 heavy (non-hydrogen) atoms. The van der Waals surface area contributed by atoms with Gasteiger partial charge in [0.2, 0.25) is 6.43 Å². The standard InChI is InChI=1S/C15H22F2N2S.ClH/c1-2-20-13-5-3-12(4-6-13)14(11-15(16)17)19-9-7-18-8-10-19;/h3-6,14-15,18H,2,7-11H2,1H3;1H/t14-;/m0./s1. The lowest BCUT2D eigenvalue weighted by Crippen LogP contribution is -2.45. The monoisotopic (exact) mass is 336 g/mol. The van der Waals surface area contributed by atoms with Crippen molar-refractivity contribution >= 4 is 24.2 Å². The van der Waals surface area contributed by atoms with Gasteiger partial charge in [0.05, 0.1) is 0 Å². The molecular weight excluding hydrogens is 314 g/mol. The number of nitrogens with one attached hydrogen (secondary N) is 1. The van der Waals surface area contributed by atoms with Crippen molar-refractivity contribution in [2.75, 3.05) is 31.9 Å². The molecule has 2 nitrogen and oxygen atoms in total. The van der Waals surface area contributed by atoms with E-state index in [0.717, 1.165) is 37.5 Å². The summed E-state index contributed by atoms with van der Waals surface area (Å²) in [4.78, 5) is 3.37. The van der Waals surface area contributed by atoms with Crippen LogP contribution in [0.5, 0.6) is 0 Å². The van der Waals surface area contributed by atoms with E-state index in [2.05, 4.69) is 17.1 Å². The molecule has 0 radical (unpaired) electrons. The van der Waals surface area contributed by atoms with E-state index < -0.39 is 6.43 Å². The molecule has 1 atom stereocenters. The molecule has 0 amide bonds. The van der Waals surface area contributed by atoms with Crippen LogP contribution >= 0.6 is 24.2 Å². The van der Waals surface area contributed by atoms with Crippen LogP contribution in [0.3, 0.4) is 0 Å². The molecule has 1 aromatic rings. The maximum Gasteiger partial charge on any atom is 0.240 e. The lowest BCUT2D eigenvalue weighted by atomic mass is 10.0. The van der Waals surface area contributed by atoms with Crippen molar-refractivity contribution in [2.45, 2.75) is 30.7 Å². The molecule has 0 aliphatic carbocycles. The number of thioether (sulfide) groups is 1. The van der Waals surface area contributed by atoms with E-state index in [1.807, 2.05) is 24.3 Å². The van der Waals surface area contributed by atoms with E-state index in [4.69, 9.17) is 0 Å². The highest BCUT2D eigenvalue weighted by Gasteiger charge is 2.25. The van der Waals surface area contributed by atoms with Gasteiger partial charge in [-0.1, -0.05) is 19.1 Å². The molecule has 1 N–H and O–H groups in total. The summed E-state index contributed by atoms with van der Waals surface area (Å²) in [6.45, 7) is 5.54. The van der Waals surface area contributed by atoms with E-state index in [9.17, 15) is 8.78 Å². The summed E-state index contributed by atoms with van der Waals surface area (Å²) in [7, 11) is 0. The Morgan fingerprint density at radius 2 is 1.81 bits per heavy atom. The first-order valence-electron chi connectivity index (χ1n) is 7.16. The maximum atomic E-state index is 12.9. The Labute approximate surface area is 136 Å². The van der Waals surface area contributed by atoms with E-state index in [1.165, 1.54) is 4.90 Å². The van der Waals surface area contributed by atoms with Crippen LogP contribution in [0.4, 0.5) is 8.78 Å². The number of alkyl halides is 2. The number of halogens is 3. The summed E-state index contributed by atoms with van der Waals surface area (Å²) >= 11 is 1.77. The minimum Gasteiger partial charge on any atom is -0.314 e. The van der Waals surface area contributed by atoms with Gasteiger partial charge in [0, 0.05) is 43.5 Å². The number of piperazine rings is 1. The molecule has 1 heterocycles. The fourth-order valence-corrected chi connectivity index (χ4v) is 3.27. The van der Waals surface area contributed by atoms with Gasteiger partial charge in [0.15, 0.2) is 0 Å². The van der Waals surface area contributed by atoms with E-state index in [0.29, 0.717) is 0 Å². The van der Waals surface area contributed by atoms with Crippen LogP contribution < -0.4 is 5.32 Å². The Morgan fingerprint density at radius 1 is 1.19 bits per heavy atom. The van der Waals surface area contributed by atoms with Crippen molar-refractivity contribution in [3.63, 3.8) is 0 Å². The second-order valence-corrected chi connectivity index (χ2v) is 6.27. The van der Waals surface area contributed by atoms with E-state index in [1.54, 1.807) is 11.8 Å². The van der Waals surface area contributed by atoms with Crippen molar-refractivity contribution in [3.05, 3.63) is 29.8 Å². The molecule has 1 aliphatic rings. The molecule has 1 fully saturated rings. The van der Waals surface area contributed by atoms with Gasteiger partial charge in [-0.3, -0.25) is 4.90 Å². The van der Waals surface area contributed by atoms with Gasteiger partial charge in [-0.2, -0.15) is 0 Å². The Kier molecular flexibility index (Phi) is 8.56. The van der Waals surface area contributed by atoms with Crippen LogP contribution in [0.25, 0.3) is 0 Å². The van der Waals surface area contributed by atoms with Gasteiger partial charge >= 0.3 is 0 Å². The molecule has 0 saturated carbocycles. The smallest absolute Gasteiger partial charge is 0.240 e. The van der Waals surface area contributed by atoms with Crippen LogP contribution in [-0.2, 0) is 0 Å². The van der Waals surface area contributed by atoms with Crippen molar-refractivity contribution in [1.29, 1.82) is 0 Å². The average Bonchev–Trinajstić information content (AvgIpc) is 2.47. The lowest BCUT2D eigenvalue weighted by Gasteiger charge is -2.35. The molecule has 1 aromatic carbocycles. The first-order chi connectivity index (χ1) is 9.70. The normalized spacial score (nSPS) is 17.5. The SMILES string of the molecule is CCSc1ccc([C@H](CC(F)F)N2CCNCC2)cc1.Cl. The Morgan fingerprint density at radius 3 is 2.33 bits per heavy atom. The van der Waals surface area contributed by atoms with Crippen molar-refractivity contribution < 1.29 is 8.78 Å². The third-order valence-electron chi connectivity index (χ3n) is 3.57. The van der Waals surface area contributed by atoms with Gasteiger partial charge < -0.3 is 5.32 Å². The van der Waals surface area contributed by atoms with Crippen LogP contribution in [0.1, 0.15) is 24.9 Å². The Bertz CT molecular complexity index is 397. The van der Waals surface area contributed by atoms with Crippen molar-refractivity contribution in [2.24, 2.45) is 0 Å². The Balaban J connectivity index is 0.00000220. The highest BCUT2D eigenvalue weighted by Crippen LogP contribution is 2.29. The largest absolute Gasteiger partial charge is 0.314 e. The zero-order chi connectivity index (χ0) is 14.4. The average molecular weight is 337 g/mol. The minimum atomic E-state index is -2.26. The van der Waals surface area contributed by atoms with Gasteiger partial charge in [-0.05, 0) is 23.4 Å². The van der Waals surface area contributed by atoms with E-state index in [-0.39, 0.29) is 24.9 Å². The highest BCUT2D eigenvalue weighted by molar-refractivity contribution is 7.99. The molecule has 0 bridgehead atoms. The molecule has 0 spiro atoms. The third kappa shape index (κ3) is 5.74. The molecule has 2 rings (SSSR count). The second kappa shape index (κ2) is 9.62. The summed E-state index contributed by atoms with van der Waals surface area (Å²) in [6.07, 6.45) is -2.35. The quantitative estimate of drug-likeness (QED) is 0.795. The highest BCUT2D eigenvalue weighted by atomic mass is 35.5. The number of rotatable bonds is 6. The summed E-state index contributed by atoms with van der Waals surface area (Å²) < 4.78 is 25.8. The van der Waals surface area contributed by atoms with E-state index >= 15 is 0 Å². The van der Waals surface area contributed by atoms with Crippen molar-refractivity contribution in [3.8, 4) is 0 Å². The van der Waals surface area contributed by atoms with Crippen LogP contribution in [0.15, 0.2) is 29.2 Å². The predicted molar refractivity (Wildman–Crippen MR) is 87.9 cm³/mol. The zero-order valence-corrected chi connectivity index (χ0v) is 13.9. The number of hydrogen-bond donors (Lipinski definition) is 1. The summed E-state index contributed by atoms with van der Waals surface area (Å²) in [5.41, 5.74) is 1.01. The first kappa shape index (κ1) is 18.7. The second-order valence-electron chi connectivity index (χ2n) is 4.93. The summed E-state index contributed by atoms with van der Waals surface area (Å²) in [6, 6.07) is 7.94. The maximum absolute atomic E-state index is 12.9. The summed E-state index contributed by atoms with van der Waals surface area (Å²) in [5.74, 6) is 1.03. The minimum absolute atomic E-state index is 0. The Hall–Kier alpha value is -0.360. The van der Waals surface area contributed by atoms with Gasteiger partial charge in [-0.15, -0.1) is 24.2 Å². The topological polar surface area (TPSA) is 15.3 Å². The molecule has 0 unspecified atom stereocenters. The zero-order valence-electron chi connectivity index (χ0n) is 12.2. The number of nitrogens with zero attached hydrogens (tertiary/aromatic N) is 1. The van der Waals surface area contributed by atoms with Crippen LogP contribution in [0, 0.1) is 0 Å². The third-order valence-corrected chi connectivity index (χ3v) is 4.46. The van der Waals surface area contributed by atoms with Crippen LogP contribution in [0.2, 0.25) is 0 Å². The number of hydrogen-bond acceptors (Lipinski definition) is 3.